The van der Waals surface area contributed by atoms with Gasteiger partial charge >= 0.3 is 12.1 Å². The first-order chi connectivity index (χ1) is 17.0. The number of carbonyl (C=O) groups is 3. The lowest BCUT2D eigenvalue weighted by Gasteiger charge is -2.17. The molecule has 9 nitrogen and oxygen atoms in total. The number of fused-ring (bicyclic) bond motifs is 3. The smallest absolute Gasteiger partial charge is 0.407 e. The molecule has 35 heavy (non-hydrogen) atoms. The van der Waals surface area contributed by atoms with Crippen LogP contribution in [0, 0.1) is 0 Å². The third-order valence-electron chi connectivity index (χ3n) is 5.83. The van der Waals surface area contributed by atoms with Crippen LogP contribution < -0.4 is 10.6 Å². The summed E-state index contributed by atoms with van der Waals surface area (Å²) in [6.45, 7) is 0.272. The molecular weight excluding hydrogens is 450 g/mol. The first-order valence-corrected chi connectivity index (χ1v) is 11.1. The molecule has 4 rings (SSSR count). The predicted molar refractivity (Wildman–Crippen MR) is 128 cm³/mol. The number of aromatic nitrogens is 1. The molecule has 3 N–H and O–H groups in total. The van der Waals surface area contributed by atoms with Crippen molar-refractivity contribution in [3.8, 4) is 11.1 Å². The fourth-order valence-electron chi connectivity index (χ4n) is 4.10. The zero-order valence-corrected chi connectivity index (χ0v) is 19.1. The maximum atomic E-state index is 12.4. The van der Waals surface area contributed by atoms with Crippen LogP contribution >= 0.6 is 0 Å². The SMILES string of the molecule is COC(CNC(=O)OCC1c2ccccc2-c2ccccc21)CC(=O)Nc1ccc(C(=O)O)nc1. The molecule has 1 heterocycles. The van der Waals surface area contributed by atoms with Gasteiger partial charge in [-0.25, -0.2) is 14.6 Å². The Balaban J connectivity index is 1.26. The number of pyridine rings is 1. The summed E-state index contributed by atoms with van der Waals surface area (Å²) in [6.07, 6.45) is 0.0587. The molecule has 0 spiro atoms. The van der Waals surface area contributed by atoms with Gasteiger partial charge in [-0.15, -0.1) is 0 Å². The number of ether oxygens (including phenoxy) is 2. The zero-order chi connectivity index (χ0) is 24.8. The lowest BCUT2D eigenvalue weighted by molar-refractivity contribution is -0.118. The highest BCUT2D eigenvalue weighted by molar-refractivity contribution is 5.91. The maximum Gasteiger partial charge on any atom is 0.407 e. The van der Waals surface area contributed by atoms with Gasteiger partial charge in [0, 0.05) is 19.6 Å². The summed E-state index contributed by atoms with van der Waals surface area (Å²) in [6, 6.07) is 18.9. The molecule has 1 atom stereocenters. The van der Waals surface area contributed by atoms with Gasteiger partial charge in [0.05, 0.1) is 24.4 Å². The molecule has 0 saturated heterocycles. The van der Waals surface area contributed by atoms with Crippen molar-refractivity contribution >= 4 is 23.7 Å². The van der Waals surface area contributed by atoms with Crippen LogP contribution in [0.25, 0.3) is 11.1 Å². The van der Waals surface area contributed by atoms with E-state index < -0.39 is 18.2 Å². The quantitative estimate of drug-likeness (QED) is 0.431. The molecule has 2 amide bonds. The largest absolute Gasteiger partial charge is 0.477 e. The highest BCUT2D eigenvalue weighted by Gasteiger charge is 2.29. The predicted octanol–water partition coefficient (Wildman–Crippen LogP) is 3.66. The summed E-state index contributed by atoms with van der Waals surface area (Å²) in [4.78, 5) is 39.3. The first kappa shape index (κ1) is 23.9. The van der Waals surface area contributed by atoms with E-state index in [2.05, 4.69) is 27.8 Å². The van der Waals surface area contributed by atoms with E-state index >= 15 is 0 Å². The van der Waals surface area contributed by atoms with Gasteiger partial charge in [-0.1, -0.05) is 48.5 Å². The number of nitrogens with one attached hydrogen (secondary N) is 2. The summed E-state index contributed by atoms with van der Waals surface area (Å²) in [5.74, 6) is -1.56. The molecule has 3 aromatic rings. The normalized spacial score (nSPS) is 12.8. The number of carboxylic acid groups (broad SMARTS) is 1. The summed E-state index contributed by atoms with van der Waals surface area (Å²) in [5.41, 5.74) is 4.78. The van der Waals surface area contributed by atoms with Gasteiger partial charge in [-0.2, -0.15) is 0 Å². The minimum atomic E-state index is -1.15. The topological polar surface area (TPSA) is 127 Å². The number of hydrogen-bond acceptors (Lipinski definition) is 6. The summed E-state index contributed by atoms with van der Waals surface area (Å²) in [5, 5.41) is 14.2. The van der Waals surface area contributed by atoms with Crippen molar-refractivity contribution in [1.29, 1.82) is 0 Å². The Morgan fingerprint density at radius 3 is 2.23 bits per heavy atom. The molecule has 2 aromatic carbocycles. The third kappa shape index (κ3) is 5.64. The van der Waals surface area contributed by atoms with Crippen molar-refractivity contribution in [3.63, 3.8) is 0 Å². The molecule has 1 aliphatic rings. The number of hydrogen-bond donors (Lipinski definition) is 3. The van der Waals surface area contributed by atoms with Gasteiger partial charge < -0.3 is 25.2 Å². The number of rotatable bonds is 9. The van der Waals surface area contributed by atoms with Crippen molar-refractivity contribution in [2.45, 2.75) is 18.4 Å². The minimum absolute atomic E-state index is 0.0269. The van der Waals surface area contributed by atoms with Crippen LogP contribution in [0.4, 0.5) is 10.5 Å². The molecule has 1 aliphatic carbocycles. The number of benzene rings is 2. The summed E-state index contributed by atoms with van der Waals surface area (Å²) < 4.78 is 10.8. The molecular formula is C26H25N3O6. The van der Waals surface area contributed by atoms with Crippen molar-refractivity contribution in [3.05, 3.63) is 83.7 Å². The monoisotopic (exact) mass is 475 g/mol. The third-order valence-corrected chi connectivity index (χ3v) is 5.83. The number of carbonyl (C=O) groups excluding carboxylic acids is 2. The van der Waals surface area contributed by atoms with E-state index in [1.165, 1.54) is 25.4 Å². The fourth-order valence-corrected chi connectivity index (χ4v) is 4.10. The van der Waals surface area contributed by atoms with E-state index in [-0.39, 0.29) is 37.1 Å². The highest BCUT2D eigenvalue weighted by atomic mass is 16.5. The van der Waals surface area contributed by atoms with Gasteiger partial charge in [0.1, 0.15) is 12.3 Å². The summed E-state index contributed by atoms with van der Waals surface area (Å²) in [7, 11) is 1.45. The van der Waals surface area contributed by atoms with Crippen molar-refractivity contribution in [1.82, 2.24) is 10.3 Å². The molecule has 180 valence electrons. The number of amides is 2. The van der Waals surface area contributed by atoms with Crippen molar-refractivity contribution in [2.24, 2.45) is 0 Å². The Kier molecular flexibility index (Phi) is 7.37. The van der Waals surface area contributed by atoms with Gasteiger partial charge in [0.25, 0.3) is 0 Å². The molecule has 9 heteroatoms. The second kappa shape index (κ2) is 10.8. The molecule has 0 bridgehead atoms. The number of alkyl carbamates (subject to hydrolysis) is 1. The Labute approximate surface area is 202 Å². The van der Waals surface area contributed by atoms with Crippen molar-refractivity contribution < 1.29 is 29.0 Å². The van der Waals surface area contributed by atoms with E-state index in [0.717, 1.165) is 22.3 Å². The average molecular weight is 476 g/mol. The van der Waals surface area contributed by atoms with Crippen LogP contribution in [0.1, 0.15) is 34.0 Å². The van der Waals surface area contributed by atoms with E-state index in [0.29, 0.717) is 5.69 Å². The lowest BCUT2D eigenvalue weighted by atomic mass is 9.98. The highest BCUT2D eigenvalue weighted by Crippen LogP contribution is 2.44. The van der Waals surface area contributed by atoms with E-state index in [1.54, 1.807) is 0 Å². The van der Waals surface area contributed by atoms with Crippen LogP contribution in [0.15, 0.2) is 66.9 Å². The van der Waals surface area contributed by atoms with Crippen LogP contribution in [0.5, 0.6) is 0 Å². The lowest BCUT2D eigenvalue weighted by Crippen LogP contribution is -2.36. The fraction of sp³-hybridized carbons (Fsp3) is 0.231. The van der Waals surface area contributed by atoms with Crippen LogP contribution in [-0.4, -0.2) is 54.4 Å². The number of methoxy groups -OCH3 is 1. The Hall–Kier alpha value is -4.24. The van der Waals surface area contributed by atoms with Crippen LogP contribution in [-0.2, 0) is 14.3 Å². The molecule has 0 fully saturated rings. The summed E-state index contributed by atoms with van der Waals surface area (Å²) >= 11 is 0. The van der Waals surface area contributed by atoms with Crippen LogP contribution in [0.2, 0.25) is 0 Å². The number of carboxylic acids is 1. The van der Waals surface area contributed by atoms with Crippen molar-refractivity contribution in [2.75, 3.05) is 25.6 Å². The minimum Gasteiger partial charge on any atom is -0.477 e. The molecule has 1 aromatic heterocycles. The standard InChI is InChI=1S/C26H25N3O6/c1-34-17(12-24(30)29-16-10-11-23(25(31)32)27-13-16)14-28-26(33)35-15-22-20-8-4-2-6-18(20)19-7-3-5-9-21(19)22/h2-11,13,17,22H,12,14-15H2,1H3,(H,28,33)(H,29,30)(H,31,32). The zero-order valence-electron chi connectivity index (χ0n) is 19.1. The van der Waals surface area contributed by atoms with Gasteiger partial charge in [0.2, 0.25) is 5.91 Å². The second-order valence-electron chi connectivity index (χ2n) is 8.05. The number of nitrogens with zero attached hydrogens (tertiary/aromatic N) is 1. The maximum absolute atomic E-state index is 12.4. The molecule has 1 unspecified atom stereocenters. The molecule has 0 saturated carbocycles. The molecule has 0 radical (unpaired) electrons. The Morgan fingerprint density at radius 2 is 1.66 bits per heavy atom. The van der Waals surface area contributed by atoms with E-state index in [9.17, 15) is 14.4 Å². The second-order valence-corrected chi connectivity index (χ2v) is 8.05. The molecule has 0 aliphatic heterocycles. The van der Waals surface area contributed by atoms with E-state index in [1.807, 2.05) is 36.4 Å². The number of anilines is 1. The van der Waals surface area contributed by atoms with E-state index in [4.69, 9.17) is 14.6 Å². The first-order valence-electron chi connectivity index (χ1n) is 11.1. The number of aromatic carboxylic acids is 1. The van der Waals surface area contributed by atoms with Gasteiger partial charge in [-0.3, -0.25) is 4.79 Å². The Morgan fingerprint density at radius 1 is 1.00 bits per heavy atom. The average Bonchev–Trinajstić information content (AvgIpc) is 3.19. The van der Waals surface area contributed by atoms with Gasteiger partial charge in [0.15, 0.2) is 0 Å². The Bertz CT molecular complexity index is 1180. The van der Waals surface area contributed by atoms with Gasteiger partial charge in [-0.05, 0) is 34.4 Å². The van der Waals surface area contributed by atoms with Crippen LogP contribution in [0.3, 0.4) is 0 Å².